The van der Waals surface area contributed by atoms with Gasteiger partial charge in [0.15, 0.2) is 5.96 Å². The molecule has 1 fully saturated rings. The summed E-state index contributed by atoms with van der Waals surface area (Å²) in [5.41, 5.74) is 1.19. The number of ether oxygens (including phenoxy) is 1. The third-order valence-electron chi connectivity index (χ3n) is 4.71. The summed E-state index contributed by atoms with van der Waals surface area (Å²) in [6.07, 6.45) is 3.84. The number of nitrogens with one attached hydrogen (secondary N) is 2. The molecule has 5 nitrogen and oxygen atoms in total. The van der Waals surface area contributed by atoms with Crippen LogP contribution in [-0.4, -0.2) is 50.7 Å². The summed E-state index contributed by atoms with van der Waals surface area (Å²) in [5, 5.41) is 6.78. The van der Waals surface area contributed by atoms with Crippen molar-refractivity contribution in [3.05, 3.63) is 29.8 Å². The van der Waals surface area contributed by atoms with Crippen molar-refractivity contribution in [1.82, 2.24) is 15.5 Å². The number of rotatable bonds is 8. The Morgan fingerprint density at radius 3 is 2.80 bits per heavy atom. The van der Waals surface area contributed by atoms with E-state index < -0.39 is 0 Å². The van der Waals surface area contributed by atoms with Crippen LogP contribution in [0.4, 0.5) is 0 Å². The summed E-state index contributed by atoms with van der Waals surface area (Å²) >= 11 is 0. The number of hydrogen-bond donors (Lipinski definition) is 2. The zero-order valence-electron chi connectivity index (χ0n) is 16.1. The minimum Gasteiger partial charge on any atom is -0.494 e. The van der Waals surface area contributed by atoms with Crippen LogP contribution in [0.25, 0.3) is 0 Å². The van der Waals surface area contributed by atoms with Gasteiger partial charge in [-0.05, 0) is 69.4 Å². The van der Waals surface area contributed by atoms with Gasteiger partial charge in [0.1, 0.15) is 5.75 Å². The molecule has 0 atom stereocenters. The van der Waals surface area contributed by atoms with E-state index >= 15 is 0 Å². The number of likely N-dealkylation sites (tertiary alicyclic amines) is 1. The fourth-order valence-corrected chi connectivity index (χ4v) is 3.11. The summed E-state index contributed by atoms with van der Waals surface area (Å²) in [6, 6.07) is 8.18. The van der Waals surface area contributed by atoms with Crippen LogP contribution in [0.3, 0.4) is 0 Å². The standard InChI is InChI=1S/C20H34N4O/c1-4-25-19-8-5-7-18(15-19)16-23-20(21-3)22-11-6-12-24-13-9-17(2)10-14-24/h5,7-8,15,17H,4,6,9-14,16H2,1-3H3,(H2,21,22,23). The molecule has 5 heteroatoms. The molecule has 140 valence electrons. The van der Waals surface area contributed by atoms with Crippen LogP contribution < -0.4 is 15.4 Å². The first kappa shape index (κ1) is 19.6. The first-order valence-electron chi connectivity index (χ1n) is 9.60. The fourth-order valence-electron chi connectivity index (χ4n) is 3.11. The van der Waals surface area contributed by atoms with Gasteiger partial charge in [-0.1, -0.05) is 19.1 Å². The van der Waals surface area contributed by atoms with Crippen LogP contribution >= 0.6 is 0 Å². The summed E-state index contributed by atoms with van der Waals surface area (Å²) in [6.45, 7) is 10.4. The van der Waals surface area contributed by atoms with E-state index in [2.05, 4.69) is 39.6 Å². The molecule has 0 saturated carbocycles. The maximum atomic E-state index is 5.55. The van der Waals surface area contributed by atoms with Crippen LogP contribution in [0.1, 0.15) is 38.7 Å². The van der Waals surface area contributed by atoms with Crippen LogP contribution in [-0.2, 0) is 6.54 Å². The van der Waals surface area contributed by atoms with Crippen molar-refractivity contribution >= 4 is 5.96 Å². The van der Waals surface area contributed by atoms with Crippen molar-refractivity contribution < 1.29 is 4.74 Å². The lowest BCUT2D eigenvalue weighted by Gasteiger charge is -2.30. The molecule has 0 amide bonds. The van der Waals surface area contributed by atoms with E-state index in [-0.39, 0.29) is 0 Å². The molecule has 2 rings (SSSR count). The molecule has 1 aliphatic heterocycles. The maximum Gasteiger partial charge on any atom is 0.191 e. The first-order valence-corrected chi connectivity index (χ1v) is 9.60. The van der Waals surface area contributed by atoms with E-state index in [1.54, 1.807) is 0 Å². The highest BCUT2D eigenvalue weighted by Crippen LogP contribution is 2.15. The molecule has 0 aliphatic carbocycles. The van der Waals surface area contributed by atoms with Crippen molar-refractivity contribution in [2.75, 3.05) is 39.8 Å². The van der Waals surface area contributed by atoms with Crippen LogP contribution in [0.5, 0.6) is 5.75 Å². The van der Waals surface area contributed by atoms with Crippen molar-refractivity contribution in [1.29, 1.82) is 0 Å². The molecule has 0 aromatic heterocycles. The Kier molecular flexibility index (Phi) is 8.60. The minimum atomic E-state index is 0.691. The summed E-state index contributed by atoms with van der Waals surface area (Å²) in [4.78, 5) is 6.89. The average Bonchev–Trinajstić information content (AvgIpc) is 2.63. The smallest absolute Gasteiger partial charge is 0.191 e. The molecule has 0 bridgehead atoms. The molecule has 1 aromatic rings. The van der Waals surface area contributed by atoms with E-state index in [1.165, 1.54) is 38.0 Å². The zero-order chi connectivity index (χ0) is 17.9. The van der Waals surface area contributed by atoms with Gasteiger partial charge in [0, 0.05) is 20.1 Å². The van der Waals surface area contributed by atoms with E-state index in [0.717, 1.165) is 37.1 Å². The highest BCUT2D eigenvalue weighted by Gasteiger charge is 2.14. The zero-order valence-corrected chi connectivity index (χ0v) is 16.1. The Labute approximate surface area is 152 Å². The van der Waals surface area contributed by atoms with Crippen molar-refractivity contribution in [2.45, 2.75) is 39.7 Å². The Morgan fingerprint density at radius 2 is 2.08 bits per heavy atom. The van der Waals surface area contributed by atoms with Crippen LogP contribution in [0, 0.1) is 5.92 Å². The van der Waals surface area contributed by atoms with Gasteiger partial charge in [0.2, 0.25) is 0 Å². The van der Waals surface area contributed by atoms with E-state index in [4.69, 9.17) is 4.74 Å². The molecular weight excluding hydrogens is 312 g/mol. The minimum absolute atomic E-state index is 0.691. The molecule has 0 spiro atoms. The van der Waals surface area contributed by atoms with E-state index in [0.29, 0.717) is 6.61 Å². The normalized spacial score (nSPS) is 16.7. The van der Waals surface area contributed by atoms with Crippen molar-refractivity contribution in [3.8, 4) is 5.75 Å². The van der Waals surface area contributed by atoms with Gasteiger partial charge in [0.25, 0.3) is 0 Å². The molecule has 0 radical (unpaired) electrons. The Balaban J connectivity index is 1.64. The summed E-state index contributed by atoms with van der Waals surface area (Å²) < 4.78 is 5.55. The highest BCUT2D eigenvalue weighted by molar-refractivity contribution is 5.79. The maximum absolute atomic E-state index is 5.55. The van der Waals surface area contributed by atoms with Gasteiger partial charge in [-0.2, -0.15) is 0 Å². The number of aliphatic imine (C=N–C) groups is 1. The van der Waals surface area contributed by atoms with Gasteiger partial charge in [0.05, 0.1) is 6.61 Å². The Morgan fingerprint density at radius 1 is 1.28 bits per heavy atom. The van der Waals surface area contributed by atoms with Crippen LogP contribution in [0.15, 0.2) is 29.3 Å². The van der Waals surface area contributed by atoms with Crippen LogP contribution in [0.2, 0.25) is 0 Å². The lowest BCUT2D eigenvalue weighted by molar-refractivity contribution is 0.191. The molecule has 1 aliphatic rings. The molecule has 0 unspecified atom stereocenters. The summed E-state index contributed by atoms with van der Waals surface area (Å²) in [7, 11) is 1.82. The first-order chi connectivity index (χ1) is 12.2. The second kappa shape index (κ2) is 11.0. The Hall–Kier alpha value is -1.75. The Bertz CT molecular complexity index is 524. The predicted molar refractivity (Wildman–Crippen MR) is 105 cm³/mol. The van der Waals surface area contributed by atoms with Gasteiger partial charge in [-0.3, -0.25) is 4.99 Å². The topological polar surface area (TPSA) is 48.9 Å². The second-order valence-corrected chi connectivity index (χ2v) is 6.81. The van der Waals surface area contributed by atoms with Gasteiger partial charge in [-0.15, -0.1) is 0 Å². The van der Waals surface area contributed by atoms with Gasteiger partial charge >= 0.3 is 0 Å². The predicted octanol–water partition coefficient (Wildman–Crippen LogP) is 2.87. The number of nitrogens with zero attached hydrogens (tertiary/aromatic N) is 2. The largest absolute Gasteiger partial charge is 0.494 e. The third-order valence-corrected chi connectivity index (χ3v) is 4.71. The average molecular weight is 347 g/mol. The fraction of sp³-hybridized carbons (Fsp3) is 0.650. The number of piperidine rings is 1. The summed E-state index contributed by atoms with van der Waals surface area (Å²) in [5.74, 6) is 2.67. The van der Waals surface area contributed by atoms with Crippen molar-refractivity contribution in [2.24, 2.45) is 10.9 Å². The third kappa shape index (κ3) is 7.34. The molecule has 1 aromatic carbocycles. The number of hydrogen-bond acceptors (Lipinski definition) is 3. The molecule has 25 heavy (non-hydrogen) atoms. The quantitative estimate of drug-likeness (QED) is 0.432. The SMILES string of the molecule is CCOc1cccc(CNC(=NC)NCCCN2CCC(C)CC2)c1. The van der Waals surface area contributed by atoms with E-state index in [9.17, 15) is 0 Å². The molecule has 2 N–H and O–H groups in total. The number of benzene rings is 1. The molecule has 1 saturated heterocycles. The second-order valence-electron chi connectivity index (χ2n) is 6.81. The highest BCUT2D eigenvalue weighted by atomic mass is 16.5. The van der Waals surface area contributed by atoms with E-state index in [1.807, 2.05) is 26.1 Å². The monoisotopic (exact) mass is 346 g/mol. The van der Waals surface area contributed by atoms with Crippen molar-refractivity contribution in [3.63, 3.8) is 0 Å². The lowest BCUT2D eigenvalue weighted by Crippen LogP contribution is -2.39. The number of guanidine groups is 1. The van der Waals surface area contributed by atoms with Gasteiger partial charge in [-0.25, -0.2) is 0 Å². The molecular formula is C20H34N4O. The lowest BCUT2D eigenvalue weighted by atomic mass is 9.99. The van der Waals surface area contributed by atoms with Gasteiger partial charge < -0.3 is 20.3 Å². The molecule has 1 heterocycles.